The van der Waals surface area contributed by atoms with E-state index < -0.39 is 18.6 Å². The second kappa shape index (κ2) is 9.43. The number of fused-ring (bicyclic) bond motifs is 1. The van der Waals surface area contributed by atoms with Crippen LogP contribution in [0.15, 0.2) is 58.9 Å². The number of amides is 1. The van der Waals surface area contributed by atoms with Crippen LogP contribution in [0.5, 0.6) is 0 Å². The van der Waals surface area contributed by atoms with Crippen molar-refractivity contribution in [1.29, 1.82) is 0 Å². The summed E-state index contributed by atoms with van der Waals surface area (Å²) >= 11 is 0. The Kier molecular flexibility index (Phi) is 6.49. The van der Waals surface area contributed by atoms with E-state index in [4.69, 9.17) is 19.7 Å². The van der Waals surface area contributed by atoms with Gasteiger partial charge in [-0.25, -0.2) is 4.79 Å². The molecule has 2 aliphatic rings. The van der Waals surface area contributed by atoms with Gasteiger partial charge in [0.2, 0.25) is 12.1 Å². The highest BCUT2D eigenvalue weighted by Crippen LogP contribution is 2.38. The van der Waals surface area contributed by atoms with Crippen LogP contribution in [0, 0.1) is 0 Å². The van der Waals surface area contributed by atoms with Crippen molar-refractivity contribution >= 4 is 18.3 Å². The number of azide groups is 1. The van der Waals surface area contributed by atoms with Crippen LogP contribution >= 0.6 is 0 Å². The van der Waals surface area contributed by atoms with Crippen LogP contribution in [0.2, 0.25) is 0 Å². The van der Waals surface area contributed by atoms with Crippen molar-refractivity contribution in [3.05, 3.63) is 69.8 Å². The van der Waals surface area contributed by atoms with Gasteiger partial charge in [0.25, 0.3) is 0 Å². The highest BCUT2D eigenvalue weighted by atomic mass is 16.7. The molecule has 0 aromatic heterocycles. The molecular weight excluding hydrogens is 380 g/mol. The molecule has 1 aromatic rings. The number of hydrogen-bond donors (Lipinski definition) is 0. The molecule has 0 aliphatic carbocycles. The van der Waals surface area contributed by atoms with Crippen molar-refractivity contribution in [2.24, 2.45) is 5.11 Å². The summed E-state index contributed by atoms with van der Waals surface area (Å²) in [6.45, 7) is 0.143. The summed E-state index contributed by atoms with van der Waals surface area (Å²) in [5.41, 5.74) is 9.25. The van der Waals surface area contributed by atoms with Gasteiger partial charge in [-0.05, 0) is 17.5 Å². The highest BCUT2D eigenvalue weighted by molar-refractivity contribution is 5.85. The number of carbonyl (C=O) groups excluding carboxylic acids is 3. The van der Waals surface area contributed by atoms with Crippen LogP contribution in [0.1, 0.15) is 18.4 Å². The lowest BCUT2D eigenvalue weighted by molar-refractivity contribution is -0.165. The Bertz CT molecular complexity index is 891. The van der Waals surface area contributed by atoms with Gasteiger partial charge in [0.15, 0.2) is 12.0 Å². The average molecular weight is 398 g/mol. The molecule has 29 heavy (non-hydrogen) atoms. The van der Waals surface area contributed by atoms with Gasteiger partial charge in [0.05, 0.1) is 6.42 Å². The minimum Gasteiger partial charge on any atom is -0.468 e. The molecule has 2 saturated heterocycles. The molecule has 1 aromatic carbocycles. The van der Waals surface area contributed by atoms with Gasteiger partial charge in [-0.15, -0.1) is 0 Å². The maximum absolute atomic E-state index is 12.1. The largest absolute Gasteiger partial charge is 0.510 e. The molecule has 2 atom stereocenters. The highest BCUT2D eigenvalue weighted by Gasteiger charge is 2.53. The zero-order chi connectivity index (χ0) is 20.6. The van der Waals surface area contributed by atoms with Gasteiger partial charge in [-0.1, -0.05) is 47.6 Å². The quantitative estimate of drug-likeness (QED) is 0.0967. The van der Waals surface area contributed by atoms with E-state index in [1.807, 2.05) is 18.2 Å². The first kappa shape index (κ1) is 20.0. The third-order valence-corrected chi connectivity index (χ3v) is 4.31. The van der Waals surface area contributed by atoms with Crippen LogP contribution in [-0.2, 0) is 30.4 Å². The molecule has 2 fully saturated rings. The Morgan fingerprint density at radius 3 is 2.83 bits per heavy atom. The fraction of sp³-hybridized carbons (Fsp3) is 0.316. The number of ether oxygens (including phenoxy) is 3. The summed E-state index contributed by atoms with van der Waals surface area (Å²) in [6.07, 6.45) is 1.37. The van der Waals surface area contributed by atoms with E-state index in [1.54, 1.807) is 24.3 Å². The molecule has 10 nitrogen and oxygen atoms in total. The summed E-state index contributed by atoms with van der Waals surface area (Å²) in [7, 11) is 0. The van der Waals surface area contributed by atoms with E-state index in [0.29, 0.717) is 6.29 Å². The van der Waals surface area contributed by atoms with Gasteiger partial charge in [-0.3, -0.25) is 14.5 Å². The van der Waals surface area contributed by atoms with E-state index in [2.05, 4.69) is 10.0 Å². The number of aldehydes is 1. The van der Waals surface area contributed by atoms with Gasteiger partial charge >= 0.3 is 6.16 Å². The fourth-order valence-electron chi connectivity index (χ4n) is 2.87. The normalized spacial score (nSPS) is 21.5. The van der Waals surface area contributed by atoms with Crippen molar-refractivity contribution in [2.75, 3.05) is 6.54 Å². The third kappa shape index (κ3) is 4.74. The van der Waals surface area contributed by atoms with Crippen molar-refractivity contribution in [2.45, 2.75) is 31.9 Å². The predicted molar refractivity (Wildman–Crippen MR) is 98.7 cm³/mol. The maximum atomic E-state index is 12.1. The molecule has 0 N–H and O–H groups in total. The minimum atomic E-state index is -1.16. The first-order valence-electron chi connectivity index (χ1n) is 8.83. The number of carbonyl (C=O) groups is 3. The number of nitrogens with zero attached hydrogens (tertiary/aromatic N) is 4. The Labute approximate surface area is 166 Å². The van der Waals surface area contributed by atoms with Crippen LogP contribution < -0.4 is 0 Å². The lowest BCUT2D eigenvalue weighted by Crippen LogP contribution is -2.53. The molecular formula is C19H18N4O6. The second-order valence-corrected chi connectivity index (χ2v) is 6.17. The Morgan fingerprint density at radius 2 is 2.14 bits per heavy atom. The summed E-state index contributed by atoms with van der Waals surface area (Å²) < 4.78 is 16.0. The predicted octanol–water partition coefficient (Wildman–Crippen LogP) is 2.96. The molecule has 0 spiro atoms. The molecule has 0 saturated carbocycles. The van der Waals surface area contributed by atoms with Crippen molar-refractivity contribution in [3.63, 3.8) is 0 Å². The molecule has 150 valence electrons. The van der Waals surface area contributed by atoms with Crippen LogP contribution in [0.3, 0.4) is 0 Å². The Balaban J connectivity index is 1.69. The molecule has 10 heteroatoms. The molecule has 2 aliphatic heterocycles. The summed E-state index contributed by atoms with van der Waals surface area (Å²) in [4.78, 5) is 39.5. The van der Waals surface area contributed by atoms with Gasteiger partial charge in [0.1, 0.15) is 12.9 Å². The molecule has 1 unspecified atom stereocenters. The topological polar surface area (TPSA) is 131 Å². The van der Waals surface area contributed by atoms with E-state index in [-0.39, 0.29) is 43.2 Å². The fourth-order valence-corrected chi connectivity index (χ4v) is 2.87. The van der Waals surface area contributed by atoms with Gasteiger partial charge < -0.3 is 14.2 Å². The number of β-lactam (4-membered cyclic amide) rings is 1. The summed E-state index contributed by atoms with van der Waals surface area (Å²) in [6, 6.07) is 9.04. The first-order chi connectivity index (χ1) is 14.1. The van der Waals surface area contributed by atoms with Gasteiger partial charge in [-0.2, -0.15) is 0 Å². The Hall–Kier alpha value is -3.78. The van der Waals surface area contributed by atoms with Crippen molar-refractivity contribution in [3.8, 4) is 0 Å². The zero-order valence-electron chi connectivity index (χ0n) is 15.3. The van der Waals surface area contributed by atoms with Gasteiger partial charge in [0, 0.05) is 17.0 Å². The number of hydrogen-bond acceptors (Lipinski definition) is 7. The average Bonchev–Trinajstić information content (AvgIpc) is 3.01. The number of benzene rings is 1. The molecule has 2 heterocycles. The lowest BCUT2D eigenvalue weighted by atomic mass is 10.1. The summed E-state index contributed by atoms with van der Waals surface area (Å²) in [5.74, 6) is -0.157. The van der Waals surface area contributed by atoms with Crippen LogP contribution in [0.4, 0.5) is 4.79 Å². The lowest BCUT2D eigenvalue weighted by Gasteiger charge is -2.33. The third-order valence-electron chi connectivity index (χ3n) is 4.31. The van der Waals surface area contributed by atoms with Crippen molar-refractivity contribution < 1.29 is 28.6 Å². The van der Waals surface area contributed by atoms with Crippen molar-refractivity contribution in [1.82, 2.24) is 4.90 Å². The molecule has 1 amide bonds. The maximum Gasteiger partial charge on any atom is 0.510 e. The second-order valence-electron chi connectivity index (χ2n) is 6.17. The smallest absolute Gasteiger partial charge is 0.468 e. The van der Waals surface area contributed by atoms with Crippen LogP contribution in [-0.4, -0.2) is 42.2 Å². The van der Waals surface area contributed by atoms with E-state index >= 15 is 0 Å². The SMILES string of the molecule is [N-]=[N+]=NCC=CCC(C=O)=C1O[C@@H]2CC(=O)N2C1OC(=O)OCc1ccccc1. The molecule has 3 rings (SSSR count). The van der Waals surface area contributed by atoms with Crippen LogP contribution in [0.25, 0.3) is 10.4 Å². The summed E-state index contributed by atoms with van der Waals surface area (Å²) in [5, 5.41) is 3.36. The number of rotatable bonds is 8. The Morgan fingerprint density at radius 1 is 1.34 bits per heavy atom. The number of allylic oxidation sites excluding steroid dienone is 2. The van der Waals surface area contributed by atoms with E-state index in [1.165, 1.54) is 4.90 Å². The monoisotopic (exact) mass is 398 g/mol. The first-order valence-corrected chi connectivity index (χ1v) is 8.83. The van der Waals surface area contributed by atoms with E-state index in [9.17, 15) is 14.4 Å². The van der Waals surface area contributed by atoms with E-state index in [0.717, 1.165) is 5.56 Å². The standard InChI is InChI=1S/C19H18N4O6/c20-22-21-9-5-4-8-14(11-24)17-18(23-15(25)10-16(23)28-17)29-19(26)27-12-13-6-2-1-3-7-13/h1-7,11,16,18H,8-10,12H2/t16-,18?/m1/s1. The molecule has 0 radical (unpaired) electrons. The minimum absolute atomic E-state index is 0.00631. The zero-order valence-corrected chi connectivity index (χ0v) is 15.3. The molecule has 0 bridgehead atoms.